The van der Waals surface area contributed by atoms with Crippen LogP contribution >= 0.6 is 11.3 Å². The summed E-state index contributed by atoms with van der Waals surface area (Å²) in [5.74, 6) is -0.600. The number of benzene rings is 1. The fourth-order valence-corrected chi connectivity index (χ4v) is 4.82. The van der Waals surface area contributed by atoms with Crippen LogP contribution in [-0.2, 0) is 22.6 Å². The van der Waals surface area contributed by atoms with Crippen molar-refractivity contribution in [3.8, 4) is 0 Å². The number of carbonyl (C=O) groups is 4. The lowest BCUT2D eigenvalue weighted by molar-refractivity contribution is -0.132. The molecule has 0 unspecified atom stereocenters. The van der Waals surface area contributed by atoms with Crippen LogP contribution in [0.15, 0.2) is 24.3 Å². The van der Waals surface area contributed by atoms with Crippen LogP contribution in [0.1, 0.15) is 58.0 Å². The van der Waals surface area contributed by atoms with Crippen molar-refractivity contribution in [2.24, 2.45) is 5.92 Å². The van der Waals surface area contributed by atoms with Gasteiger partial charge < -0.3 is 10.2 Å². The summed E-state index contributed by atoms with van der Waals surface area (Å²) in [4.78, 5) is 57.9. The molecule has 1 aromatic carbocycles. The number of fused-ring (bicyclic) bond motifs is 2. The van der Waals surface area contributed by atoms with E-state index in [0.717, 1.165) is 15.5 Å². The molecule has 0 aliphatic carbocycles. The van der Waals surface area contributed by atoms with Crippen molar-refractivity contribution in [3.63, 3.8) is 0 Å². The van der Waals surface area contributed by atoms with E-state index in [4.69, 9.17) is 0 Å². The van der Waals surface area contributed by atoms with E-state index < -0.39 is 0 Å². The van der Waals surface area contributed by atoms with Gasteiger partial charge in [-0.05, 0) is 18.1 Å². The first-order valence-corrected chi connectivity index (χ1v) is 11.2. The van der Waals surface area contributed by atoms with Crippen LogP contribution in [0.3, 0.4) is 0 Å². The zero-order chi connectivity index (χ0) is 22.1. The first-order chi connectivity index (χ1) is 14.8. The maximum atomic E-state index is 12.4. The highest BCUT2D eigenvalue weighted by Gasteiger charge is 2.35. The lowest BCUT2D eigenvalue weighted by Gasteiger charge is -2.26. The van der Waals surface area contributed by atoms with Gasteiger partial charge >= 0.3 is 0 Å². The topological polar surface area (TPSA) is 99.7 Å². The van der Waals surface area contributed by atoms with Crippen LogP contribution in [0.5, 0.6) is 0 Å². The van der Waals surface area contributed by atoms with E-state index in [1.807, 2.05) is 18.7 Å². The van der Waals surface area contributed by atoms with Crippen molar-refractivity contribution in [1.29, 1.82) is 0 Å². The van der Waals surface area contributed by atoms with Crippen molar-refractivity contribution in [3.05, 3.63) is 46.0 Å². The van der Waals surface area contributed by atoms with Gasteiger partial charge in [-0.1, -0.05) is 37.3 Å². The van der Waals surface area contributed by atoms with Crippen LogP contribution in [0.4, 0.5) is 5.13 Å². The smallest absolute Gasteiger partial charge is 0.261 e. The number of hydrogen-bond acceptors (Lipinski definition) is 6. The molecule has 2 aliphatic rings. The first-order valence-electron chi connectivity index (χ1n) is 10.3. The molecule has 4 amide bonds. The summed E-state index contributed by atoms with van der Waals surface area (Å²) in [6.07, 6.45) is 1.19. The number of anilines is 1. The summed E-state index contributed by atoms with van der Waals surface area (Å²) >= 11 is 1.37. The number of imide groups is 1. The lowest BCUT2D eigenvalue weighted by Crippen LogP contribution is -2.36. The fraction of sp³-hybridized carbons (Fsp3) is 0.409. The normalized spacial score (nSPS) is 15.3. The van der Waals surface area contributed by atoms with Gasteiger partial charge in [-0.25, -0.2) is 4.98 Å². The van der Waals surface area contributed by atoms with Gasteiger partial charge in [0.1, 0.15) is 0 Å². The Morgan fingerprint density at radius 3 is 2.48 bits per heavy atom. The third kappa shape index (κ3) is 4.36. The minimum atomic E-state index is -0.371. The summed E-state index contributed by atoms with van der Waals surface area (Å²) in [5.41, 5.74) is 1.66. The molecule has 0 bridgehead atoms. The van der Waals surface area contributed by atoms with E-state index in [-0.39, 0.29) is 36.6 Å². The SMILES string of the molecule is CC(C)CC(=O)N1CCc2nc(NC(=O)CCN3C(=O)c4ccccc4C3=O)sc2C1. The van der Waals surface area contributed by atoms with E-state index in [0.29, 0.717) is 48.1 Å². The van der Waals surface area contributed by atoms with E-state index in [2.05, 4.69) is 10.3 Å². The molecule has 0 saturated carbocycles. The molecular formula is C22H24N4O4S. The molecule has 31 heavy (non-hydrogen) atoms. The first kappa shape index (κ1) is 21.2. The third-order valence-electron chi connectivity index (χ3n) is 5.35. The number of nitrogens with one attached hydrogen (secondary N) is 1. The Morgan fingerprint density at radius 1 is 1.16 bits per heavy atom. The molecule has 0 radical (unpaired) electrons. The second-order valence-electron chi connectivity index (χ2n) is 8.16. The van der Waals surface area contributed by atoms with Crippen molar-refractivity contribution >= 4 is 40.1 Å². The van der Waals surface area contributed by atoms with Crippen molar-refractivity contribution in [2.75, 3.05) is 18.4 Å². The number of aromatic nitrogens is 1. The quantitative estimate of drug-likeness (QED) is 0.696. The Hall–Kier alpha value is -3.07. The Bertz CT molecular complexity index is 1030. The minimum Gasteiger partial charge on any atom is -0.337 e. The van der Waals surface area contributed by atoms with E-state index in [1.54, 1.807) is 24.3 Å². The summed E-state index contributed by atoms with van der Waals surface area (Å²) in [6, 6.07) is 6.65. The highest BCUT2D eigenvalue weighted by Crippen LogP contribution is 2.29. The van der Waals surface area contributed by atoms with Gasteiger partial charge in [-0.15, -0.1) is 0 Å². The Morgan fingerprint density at radius 2 is 1.84 bits per heavy atom. The average Bonchev–Trinajstić information content (AvgIpc) is 3.24. The molecule has 9 heteroatoms. The molecule has 0 spiro atoms. The van der Waals surface area contributed by atoms with E-state index >= 15 is 0 Å². The molecule has 0 saturated heterocycles. The maximum Gasteiger partial charge on any atom is 0.261 e. The van der Waals surface area contributed by atoms with Crippen LogP contribution in [0.2, 0.25) is 0 Å². The van der Waals surface area contributed by atoms with Gasteiger partial charge in [0, 0.05) is 37.2 Å². The molecule has 0 fully saturated rings. The van der Waals surface area contributed by atoms with Gasteiger partial charge in [0.2, 0.25) is 11.8 Å². The standard InChI is InChI=1S/C22H24N4O4S/c1-13(2)11-19(28)25-9-7-16-17(12-25)31-22(23-16)24-18(27)8-10-26-20(29)14-5-3-4-6-15(14)21(26)30/h3-6,13H,7-12H2,1-2H3,(H,23,24,27). The zero-order valence-corrected chi connectivity index (χ0v) is 18.3. The van der Waals surface area contributed by atoms with Crippen LogP contribution in [0.25, 0.3) is 0 Å². The van der Waals surface area contributed by atoms with E-state index in [1.165, 1.54) is 11.3 Å². The molecule has 2 aromatic rings. The third-order valence-corrected chi connectivity index (χ3v) is 6.35. The number of hydrogen-bond donors (Lipinski definition) is 1. The molecule has 0 atom stereocenters. The summed E-state index contributed by atoms with van der Waals surface area (Å²) in [6.45, 7) is 5.21. The van der Waals surface area contributed by atoms with Gasteiger partial charge in [-0.2, -0.15) is 0 Å². The van der Waals surface area contributed by atoms with Crippen molar-refractivity contribution in [1.82, 2.24) is 14.8 Å². The van der Waals surface area contributed by atoms with Gasteiger partial charge in [0.25, 0.3) is 11.8 Å². The minimum absolute atomic E-state index is 0.00524. The predicted octanol–water partition coefficient (Wildman–Crippen LogP) is 2.70. The maximum absolute atomic E-state index is 12.4. The fourth-order valence-electron chi connectivity index (χ4n) is 3.78. The summed E-state index contributed by atoms with van der Waals surface area (Å²) in [7, 11) is 0. The molecule has 8 nitrogen and oxygen atoms in total. The highest BCUT2D eigenvalue weighted by atomic mass is 32.1. The number of nitrogens with zero attached hydrogens (tertiary/aromatic N) is 3. The van der Waals surface area contributed by atoms with Gasteiger partial charge in [0.15, 0.2) is 5.13 Å². The highest BCUT2D eigenvalue weighted by molar-refractivity contribution is 7.15. The van der Waals surface area contributed by atoms with Crippen LogP contribution in [0, 0.1) is 5.92 Å². The monoisotopic (exact) mass is 440 g/mol. The molecule has 2 aliphatic heterocycles. The van der Waals surface area contributed by atoms with Crippen LogP contribution in [-0.4, -0.2) is 51.5 Å². The zero-order valence-electron chi connectivity index (χ0n) is 17.5. The molecule has 162 valence electrons. The largest absolute Gasteiger partial charge is 0.337 e. The average molecular weight is 441 g/mol. The molecule has 1 aromatic heterocycles. The second kappa shape index (κ2) is 8.58. The number of amides is 4. The number of thiazole rings is 1. The molecular weight excluding hydrogens is 416 g/mol. The number of rotatable bonds is 6. The van der Waals surface area contributed by atoms with Gasteiger partial charge in [-0.3, -0.25) is 24.1 Å². The molecule has 3 heterocycles. The Balaban J connectivity index is 1.33. The van der Waals surface area contributed by atoms with Crippen molar-refractivity contribution < 1.29 is 19.2 Å². The van der Waals surface area contributed by atoms with Crippen molar-refractivity contribution in [2.45, 2.75) is 39.7 Å². The molecule has 1 N–H and O–H groups in total. The predicted molar refractivity (Wildman–Crippen MR) is 116 cm³/mol. The Labute approximate surface area is 184 Å². The lowest BCUT2D eigenvalue weighted by atomic mass is 10.1. The number of carbonyl (C=O) groups excluding carboxylic acids is 4. The van der Waals surface area contributed by atoms with E-state index in [9.17, 15) is 19.2 Å². The Kier molecular flexibility index (Phi) is 5.86. The van der Waals surface area contributed by atoms with Crippen LogP contribution < -0.4 is 5.32 Å². The van der Waals surface area contributed by atoms with Gasteiger partial charge in [0.05, 0.1) is 23.4 Å². The molecule has 4 rings (SSSR count). The second-order valence-corrected chi connectivity index (χ2v) is 9.24. The summed E-state index contributed by atoms with van der Waals surface area (Å²) in [5, 5.41) is 3.25. The summed E-state index contributed by atoms with van der Waals surface area (Å²) < 4.78 is 0.